The Morgan fingerprint density at radius 3 is 1.96 bits per heavy atom. The van der Waals surface area contributed by atoms with E-state index in [-0.39, 0.29) is 0 Å². The molecule has 128 valence electrons. The van der Waals surface area contributed by atoms with E-state index in [0.29, 0.717) is 0 Å². The Labute approximate surface area is 157 Å². The first-order chi connectivity index (χ1) is 13.3. The third-order valence-electron chi connectivity index (χ3n) is 5.05. The number of nitrogens with zero attached hydrogens (tertiary/aromatic N) is 1. The Morgan fingerprint density at radius 1 is 0.593 bits per heavy atom. The molecule has 0 bridgehead atoms. The first-order valence-corrected chi connectivity index (χ1v) is 9.02. The van der Waals surface area contributed by atoms with Gasteiger partial charge in [0.05, 0.1) is 5.52 Å². The number of fused-ring (bicyclic) bond motifs is 2. The number of rotatable bonds is 2. The van der Waals surface area contributed by atoms with E-state index in [1.165, 1.54) is 27.5 Å². The molecule has 0 radical (unpaired) electrons. The quantitative estimate of drug-likeness (QED) is 0.381. The highest BCUT2D eigenvalue weighted by atomic mass is 14.6. The predicted molar refractivity (Wildman–Crippen MR) is 115 cm³/mol. The molecule has 0 amide bonds. The van der Waals surface area contributed by atoms with Crippen LogP contribution in [0.1, 0.15) is 0 Å². The van der Waals surface area contributed by atoms with Crippen LogP contribution in [0.15, 0.2) is 97.2 Å². The van der Waals surface area contributed by atoms with Gasteiger partial charge < -0.3 is 5.73 Å². The molecule has 0 saturated heterocycles. The average Bonchev–Trinajstić information content (AvgIpc) is 2.73. The van der Waals surface area contributed by atoms with Gasteiger partial charge in [-0.1, -0.05) is 66.7 Å². The van der Waals surface area contributed by atoms with E-state index >= 15 is 0 Å². The molecule has 5 aromatic rings. The molecule has 0 aliphatic heterocycles. The van der Waals surface area contributed by atoms with E-state index in [1.807, 2.05) is 30.5 Å². The smallest absolute Gasteiger partial charge is 0.0702 e. The van der Waals surface area contributed by atoms with Gasteiger partial charge in [0.15, 0.2) is 0 Å². The van der Waals surface area contributed by atoms with Crippen LogP contribution in [0, 0.1) is 0 Å². The van der Waals surface area contributed by atoms with Crippen LogP contribution < -0.4 is 5.73 Å². The summed E-state index contributed by atoms with van der Waals surface area (Å²) < 4.78 is 0. The van der Waals surface area contributed by atoms with Crippen molar-refractivity contribution in [2.45, 2.75) is 0 Å². The molecular weight excluding hydrogens is 328 g/mol. The Kier molecular flexibility index (Phi) is 3.61. The minimum absolute atomic E-state index is 0.780. The maximum absolute atomic E-state index is 5.86. The number of benzene rings is 4. The number of hydrogen-bond donors (Lipinski definition) is 1. The lowest BCUT2D eigenvalue weighted by atomic mass is 9.92. The monoisotopic (exact) mass is 346 g/mol. The van der Waals surface area contributed by atoms with Crippen LogP contribution in [0.3, 0.4) is 0 Å². The summed E-state index contributed by atoms with van der Waals surface area (Å²) in [5.74, 6) is 0. The zero-order valence-corrected chi connectivity index (χ0v) is 14.8. The highest BCUT2D eigenvalue weighted by molar-refractivity contribution is 6.05. The summed E-state index contributed by atoms with van der Waals surface area (Å²) in [6, 6.07) is 31.4. The van der Waals surface area contributed by atoms with Crippen molar-refractivity contribution in [2.24, 2.45) is 0 Å². The van der Waals surface area contributed by atoms with Crippen molar-refractivity contribution in [3.8, 4) is 22.3 Å². The summed E-state index contributed by atoms with van der Waals surface area (Å²) in [5.41, 5.74) is 12.4. The second-order valence-corrected chi connectivity index (χ2v) is 6.74. The van der Waals surface area contributed by atoms with Crippen LogP contribution in [0.25, 0.3) is 43.9 Å². The molecule has 27 heavy (non-hydrogen) atoms. The van der Waals surface area contributed by atoms with Crippen LogP contribution in [-0.4, -0.2) is 4.98 Å². The number of nitrogen functional groups attached to an aromatic ring is 1. The van der Waals surface area contributed by atoms with Crippen molar-refractivity contribution < 1.29 is 0 Å². The zero-order chi connectivity index (χ0) is 18.2. The summed E-state index contributed by atoms with van der Waals surface area (Å²) in [6.07, 6.45) is 1.97. The summed E-state index contributed by atoms with van der Waals surface area (Å²) in [4.78, 5) is 4.64. The van der Waals surface area contributed by atoms with Gasteiger partial charge in [0.25, 0.3) is 0 Å². The first kappa shape index (κ1) is 15.6. The van der Waals surface area contributed by atoms with Crippen molar-refractivity contribution in [3.63, 3.8) is 0 Å². The molecule has 0 aliphatic carbocycles. The SMILES string of the molecule is Nc1ccc(-c2ccc(-c3cnc4ccccc4c3)c3ccccc23)cc1. The lowest BCUT2D eigenvalue weighted by Gasteiger charge is -2.12. The van der Waals surface area contributed by atoms with E-state index in [4.69, 9.17) is 5.73 Å². The Balaban J connectivity index is 1.74. The fourth-order valence-corrected chi connectivity index (χ4v) is 3.68. The fourth-order valence-electron chi connectivity index (χ4n) is 3.68. The average molecular weight is 346 g/mol. The molecule has 2 N–H and O–H groups in total. The van der Waals surface area contributed by atoms with Gasteiger partial charge in [0.2, 0.25) is 0 Å². The first-order valence-electron chi connectivity index (χ1n) is 9.02. The highest BCUT2D eigenvalue weighted by Gasteiger charge is 2.10. The maximum atomic E-state index is 5.86. The van der Waals surface area contributed by atoms with E-state index in [1.54, 1.807) is 0 Å². The van der Waals surface area contributed by atoms with Crippen LogP contribution in [0.2, 0.25) is 0 Å². The molecular formula is C25H18N2. The standard InChI is InChI=1S/C25H18N2/c26-20-11-9-17(10-12-20)21-13-14-22(24-7-3-2-6-23(21)24)19-15-18-5-1-4-8-25(18)27-16-19/h1-16H,26H2. The van der Waals surface area contributed by atoms with Gasteiger partial charge in [0, 0.05) is 22.8 Å². The largest absolute Gasteiger partial charge is 0.399 e. The van der Waals surface area contributed by atoms with E-state index in [9.17, 15) is 0 Å². The van der Waals surface area contributed by atoms with Crippen molar-refractivity contribution in [1.29, 1.82) is 0 Å². The van der Waals surface area contributed by atoms with Crippen LogP contribution in [0.5, 0.6) is 0 Å². The van der Waals surface area contributed by atoms with Gasteiger partial charge in [-0.2, -0.15) is 0 Å². The van der Waals surface area contributed by atoms with Crippen molar-refractivity contribution >= 4 is 27.4 Å². The second-order valence-electron chi connectivity index (χ2n) is 6.74. The number of aromatic nitrogens is 1. The number of para-hydroxylation sites is 1. The Hall–Kier alpha value is -3.65. The van der Waals surface area contributed by atoms with Gasteiger partial charge in [-0.15, -0.1) is 0 Å². The molecule has 0 unspecified atom stereocenters. The summed E-state index contributed by atoms with van der Waals surface area (Å²) in [6.45, 7) is 0. The van der Waals surface area contributed by atoms with Gasteiger partial charge in [-0.25, -0.2) is 0 Å². The third-order valence-corrected chi connectivity index (χ3v) is 5.05. The zero-order valence-electron chi connectivity index (χ0n) is 14.8. The summed E-state index contributed by atoms with van der Waals surface area (Å²) in [5, 5.41) is 3.61. The van der Waals surface area contributed by atoms with Crippen LogP contribution in [0.4, 0.5) is 5.69 Å². The van der Waals surface area contributed by atoms with Crippen LogP contribution >= 0.6 is 0 Å². The molecule has 5 rings (SSSR count). The van der Waals surface area contributed by atoms with Gasteiger partial charge in [-0.05, 0) is 51.7 Å². The number of nitrogens with two attached hydrogens (primary N) is 1. The minimum atomic E-state index is 0.780. The molecule has 0 fully saturated rings. The third kappa shape index (κ3) is 2.72. The van der Waals surface area contributed by atoms with Gasteiger partial charge in [0.1, 0.15) is 0 Å². The molecule has 0 saturated carbocycles. The maximum Gasteiger partial charge on any atom is 0.0702 e. The number of anilines is 1. The minimum Gasteiger partial charge on any atom is -0.399 e. The highest BCUT2D eigenvalue weighted by Crippen LogP contribution is 2.36. The normalized spacial score (nSPS) is 11.1. The summed E-state index contributed by atoms with van der Waals surface area (Å²) >= 11 is 0. The summed E-state index contributed by atoms with van der Waals surface area (Å²) in [7, 11) is 0. The lowest BCUT2D eigenvalue weighted by molar-refractivity contribution is 1.41. The molecule has 2 nitrogen and oxygen atoms in total. The van der Waals surface area contributed by atoms with Crippen molar-refractivity contribution in [3.05, 3.63) is 97.2 Å². The topological polar surface area (TPSA) is 38.9 Å². The second kappa shape index (κ2) is 6.26. The fraction of sp³-hybridized carbons (Fsp3) is 0. The van der Waals surface area contributed by atoms with Crippen LogP contribution in [-0.2, 0) is 0 Å². The van der Waals surface area contributed by atoms with Crippen molar-refractivity contribution in [1.82, 2.24) is 4.98 Å². The Morgan fingerprint density at radius 2 is 1.22 bits per heavy atom. The van der Waals surface area contributed by atoms with Gasteiger partial charge in [-0.3, -0.25) is 4.98 Å². The predicted octanol–water partition coefficient (Wildman–Crippen LogP) is 6.30. The lowest BCUT2D eigenvalue weighted by Crippen LogP contribution is -1.88. The molecule has 1 aromatic heterocycles. The molecule has 0 spiro atoms. The van der Waals surface area contributed by atoms with E-state index in [2.05, 4.69) is 71.7 Å². The molecule has 4 aromatic carbocycles. The number of pyridine rings is 1. The van der Waals surface area contributed by atoms with E-state index < -0.39 is 0 Å². The van der Waals surface area contributed by atoms with Crippen molar-refractivity contribution in [2.75, 3.05) is 5.73 Å². The molecule has 0 aliphatic rings. The van der Waals surface area contributed by atoms with Gasteiger partial charge >= 0.3 is 0 Å². The molecule has 2 heteroatoms. The Bertz CT molecular complexity index is 1270. The number of hydrogen-bond acceptors (Lipinski definition) is 2. The molecule has 0 atom stereocenters. The molecule has 1 heterocycles. The van der Waals surface area contributed by atoms with E-state index in [0.717, 1.165) is 22.2 Å².